The van der Waals surface area contributed by atoms with Gasteiger partial charge in [-0.1, -0.05) is 26.0 Å². The minimum Gasteiger partial charge on any atom is -0.508 e. The Kier molecular flexibility index (Phi) is 7.11. The predicted molar refractivity (Wildman–Crippen MR) is 106 cm³/mol. The van der Waals surface area contributed by atoms with Crippen LogP contribution in [0.1, 0.15) is 41.4 Å². The van der Waals surface area contributed by atoms with Crippen LogP contribution in [0.3, 0.4) is 0 Å². The van der Waals surface area contributed by atoms with E-state index in [1.54, 1.807) is 18.2 Å². The number of benzene rings is 2. The topological polar surface area (TPSA) is 136 Å². The highest BCUT2D eigenvalue weighted by Crippen LogP contribution is 2.25. The largest absolute Gasteiger partial charge is 0.508 e. The molecule has 0 radical (unpaired) electrons. The highest BCUT2D eigenvalue weighted by molar-refractivity contribution is 6.01. The molecule has 3 aromatic rings. The number of halogens is 3. The monoisotopic (exact) mass is 439 g/mol. The molecule has 2 aromatic carbocycles. The van der Waals surface area contributed by atoms with Crippen molar-refractivity contribution in [1.82, 2.24) is 10.2 Å². The summed E-state index contributed by atoms with van der Waals surface area (Å²) in [5.74, 6) is -3.21. The van der Waals surface area contributed by atoms with Crippen molar-refractivity contribution >= 4 is 28.5 Å². The molecule has 1 heterocycles. The number of anilines is 1. The molecule has 11 heteroatoms. The number of phenolic OH excluding ortho intramolecular Hbond substituents is 1. The SMILES string of the molecule is CC(C)c1ccc(O)c(CNc2ccc3[nH]nc(C(=O)O)c3c2)c1.O=C(O)C(F)(F)F. The fourth-order valence-corrected chi connectivity index (χ4v) is 2.59. The number of carboxylic acid groups (broad SMARTS) is 2. The highest BCUT2D eigenvalue weighted by atomic mass is 19.4. The van der Waals surface area contributed by atoms with Crippen LogP contribution in [0.4, 0.5) is 18.9 Å². The van der Waals surface area contributed by atoms with Crippen molar-refractivity contribution in [3.63, 3.8) is 0 Å². The molecule has 0 fully saturated rings. The third-order valence-electron chi connectivity index (χ3n) is 4.26. The fourth-order valence-electron chi connectivity index (χ4n) is 2.59. The molecule has 1 aromatic heterocycles. The van der Waals surface area contributed by atoms with Crippen LogP contribution >= 0.6 is 0 Å². The Balaban J connectivity index is 0.000000423. The van der Waals surface area contributed by atoms with Crippen LogP contribution in [0.2, 0.25) is 0 Å². The van der Waals surface area contributed by atoms with Gasteiger partial charge in [0, 0.05) is 23.2 Å². The molecule has 0 amide bonds. The minimum absolute atomic E-state index is 0.00157. The number of hydrogen-bond acceptors (Lipinski definition) is 5. The molecule has 0 saturated heterocycles. The molecule has 0 atom stereocenters. The van der Waals surface area contributed by atoms with E-state index in [0.717, 1.165) is 16.8 Å². The summed E-state index contributed by atoms with van der Waals surface area (Å²) in [5, 5.41) is 36.6. The first-order valence-corrected chi connectivity index (χ1v) is 8.97. The number of H-pyrrole nitrogens is 1. The molecule has 166 valence electrons. The average Bonchev–Trinajstić information content (AvgIpc) is 3.10. The molecule has 0 unspecified atom stereocenters. The number of aromatic carboxylic acids is 1. The number of phenols is 1. The van der Waals surface area contributed by atoms with Gasteiger partial charge in [-0.05, 0) is 35.7 Å². The number of hydrogen-bond donors (Lipinski definition) is 5. The van der Waals surface area contributed by atoms with Crippen molar-refractivity contribution in [2.45, 2.75) is 32.5 Å². The summed E-state index contributed by atoms with van der Waals surface area (Å²) in [4.78, 5) is 20.1. The maximum atomic E-state index is 11.2. The number of carbonyl (C=O) groups is 2. The van der Waals surface area contributed by atoms with E-state index < -0.39 is 18.1 Å². The number of aromatic nitrogens is 2. The van der Waals surface area contributed by atoms with Gasteiger partial charge in [-0.3, -0.25) is 5.10 Å². The summed E-state index contributed by atoms with van der Waals surface area (Å²) in [6.07, 6.45) is -5.08. The summed E-state index contributed by atoms with van der Waals surface area (Å²) in [7, 11) is 0. The third-order valence-corrected chi connectivity index (χ3v) is 4.26. The third kappa shape index (κ3) is 6.11. The Morgan fingerprint density at radius 3 is 2.32 bits per heavy atom. The molecule has 8 nitrogen and oxygen atoms in total. The van der Waals surface area contributed by atoms with E-state index in [4.69, 9.17) is 15.0 Å². The van der Waals surface area contributed by atoms with Crippen LogP contribution in [0.15, 0.2) is 36.4 Å². The second-order valence-electron chi connectivity index (χ2n) is 6.84. The molecule has 0 spiro atoms. The summed E-state index contributed by atoms with van der Waals surface area (Å²) >= 11 is 0. The maximum absolute atomic E-state index is 11.2. The van der Waals surface area contributed by atoms with Gasteiger partial charge >= 0.3 is 18.1 Å². The van der Waals surface area contributed by atoms with E-state index in [0.29, 0.717) is 23.4 Å². The summed E-state index contributed by atoms with van der Waals surface area (Å²) in [6, 6.07) is 11.0. The second-order valence-corrected chi connectivity index (χ2v) is 6.84. The predicted octanol–water partition coefficient (Wildman–Crippen LogP) is 4.34. The van der Waals surface area contributed by atoms with Crippen molar-refractivity contribution in [3.05, 3.63) is 53.2 Å². The van der Waals surface area contributed by atoms with Crippen molar-refractivity contribution < 1.29 is 38.1 Å². The number of rotatable bonds is 5. The number of carboxylic acids is 2. The average molecular weight is 439 g/mol. The number of fused-ring (bicyclic) bond motifs is 1. The van der Waals surface area contributed by atoms with Crippen molar-refractivity contribution in [1.29, 1.82) is 0 Å². The standard InChI is InChI=1S/C18H19N3O3.C2HF3O2/c1-10(2)11-3-6-16(22)12(7-11)9-19-13-4-5-15-14(8-13)17(18(23)24)21-20-15;3-2(4,5)1(6)7/h3-8,10,19,22H,9H2,1-2H3,(H,20,21)(H,23,24);(H,6,7). The zero-order valence-corrected chi connectivity index (χ0v) is 16.5. The molecule has 0 aliphatic carbocycles. The smallest absolute Gasteiger partial charge is 0.490 e. The summed E-state index contributed by atoms with van der Waals surface area (Å²) in [5.41, 5.74) is 3.39. The Labute approximate surface area is 174 Å². The lowest BCUT2D eigenvalue weighted by atomic mass is 10.0. The molecule has 31 heavy (non-hydrogen) atoms. The Morgan fingerprint density at radius 1 is 1.13 bits per heavy atom. The zero-order chi connectivity index (χ0) is 23.3. The number of aliphatic carboxylic acids is 1. The van der Waals surface area contributed by atoms with Crippen molar-refractivity contribution in [2.75, 3.05) is 5.32 Å². The molecular weight excluding hydrogens is 419 g/mol. The molecule has 0 aliphatic rings. The van der Waals surface area contributed by atoms with Crippen molar-refractivity contribution in [3.8, 4) is 5.75 Å². The molecule has 5 N–H and O–H groups in total. The Morgan fingerprint density at radius 2 is 1.77 bits per heavy atom. The van der Waals surface area contributed by atoms with Crippen LogP contribution in [-0.2, 0) is 11.3 Å². The van der Waals surface area contributed by atoms with Crippen LogP contribution in [0, 0.1) is 0 Å². The Bertz CT molecular complexity index is 1090. The second kappa shape index (κ2) is 9.37. The lowest BCUT2D eigenvalue weighted by Crippen LogP contribution is -2.21. The van der Waals surface area contributed by atoms with Gasteiger partial charge in [0.1, 0.15) is 5.75 Å². The van der Waals surface area contributed by atoms with E-state index >= 15 is 0 Å². The molecule has 0 saturated carbocycles. The molecule has 0 bridgehead atoms. The summed E-state index contributed by atoms with van der Waals surface area (Å²) in [6.45, 7) is 4.64. The number of aromatic amines is 1. The number of alkyl halides is 3. The van der Waals surface area contributed by atoms with Gasteiger partial charge < -0.3 is 20.6 Å². The van der Waals surface area contributed by atoms with Crippen molar-refractivity contribution in [2.24, 2.45) is 0 Å². The number of nitrogens with zero attached hydrogens (tertiary/aromatic N) is 1. The van der Waals surface area contributed by atoms with Crippen LogP contribution in [0.25, 0.3) is 10.9 Å². The number of nitrogens with one attached hydrogen (secondary N) is 2. The lowest BCUT2D eigenvalue weighted by molar-refractivity contribution is -0.192. The fraction of sp³-hybridized carbons (Fsp3) is 0.250. The zero-order valence-electron chi connectivity index (χ0n) is 16.5. The van der Waals surface area contributed by atoms with Gasteiger partial charge in [0.25, 0.3) is 0 Å². The van der Waals surface area contributed by atoms with Crippen LogP contribution < -0.4 is 5.32 Å². The van der Waals surface area contributed by atoms with Gasteiger partial charge in [-0.15, -0.1) is 0 Å². The first-order chi connectivity index (χ1) is 14.4. The van der Waals surface area contributed by atoms with Crippen LogP contribution in [-0.4, -0.2) is 43.6 Å². The first kappa shape index (κ1) is 23.5. The van der Waals surface area contributed by atoms with Gasteiger partial charge in [0.05, 0.1) is 5.52 Å². The summed E-state index contributed by atoms with van der Waals surface area (Å²) < 4.78 is 31.7. The quantitative estimate of drug-likeness (QED) is 0.399. The molecular formula is C20H20F3N3O5. The van der Waals surface area contributed by atoms with E-state index in [1.165, 1.54) is 0 Å². The van der Waals surface area contributed by atoms with Gasteiger partial charge in [-0.2, -0.15) is 18.3 Å². The minimum atomic E-state index is -5.08. The maximum Gasteiger partial charge on any atom is 0.490 e. The molecule has 0 aliphatic heterocycles. The Hall–Kier alpha value is -3.76. The van der Waals surface area contributed by atoms with Gasteiger partial charge in [0.2, 0.25) is 0 Å². The van der Waals surface area contributed by atoms with E-state index in [-0.39, 0.29) is 11.4 Å². The highest BCUT2D eigenvalue weighted by Gasteiger charge is 2.38. The van der Waals surface area contributed by atoms with Gasteiger partial charge in [0.15, 0.2) is 5.69 Å². The normalized spacial score (nSPS) is 11.2. The molecule has 3 rings (SSSR count). The first-order valence-electron chi connectivity index (χ1n) is 8.97. The van der Waals surface area contributed by atoms with E-state index in [2.05, 4.69) is 29.4 Å². The van der Waals surface area contributed by atoms with E-state index in [9.17, 15) is 23.1 Å². The lowest BCUT2D eigenvalue weighted by Gasteiger charge is -2.12. The van der Waals surface area contributed by atoms with Gasteiger partial charge in [-0.25, -0.2) is 9.59 Å². The number of aromatic hydroxyl groups is 1. The van der Waals surface area contributed by atoms with Crippen LogP contribution in [0.5, 0.6) is 5.75 Å². The van der Waals surface area contributed by atoms with E-state index in [1.807, 2.05) is 18.2 Å².